The van der Waals surface area contributed by atoms with E-state index >= 15 is 0 Å². The zero-order chi connectivity index (χ0) is 13.4. The van der Waals surface area contributed by atoms with Crippen LogP contribution in [0.2, 0.25) is 0 Å². The minimum atomic E-state index is -1.04. The number of nitrogens with zero attached hydrogens (tertiary/aromatic N) is 3. The van der Waals surface area contributed by atoms with Gasteiger partial charge in [0.25, 0.3) is 0 Å². The lowest BCUT2D eigenvalue weighted by Crippen LogP contribution is -1.97. The fourth-order valence-corrected chi connectivity index (χ4v) is 2.03. The summed E-state index contributed by atoms with van der Waals surface area (Å²) >= 11 is 0. The van der Waals surface area contributed by atoms with Crippen LogP contribution in [0.1, 0.15) is 16.1 Å². The van der Waals surface area contributed by atoms with E-state index in [1.165, 1.54) is 0 Å². The van der Waals surface area contributed by atoms with Crippen LogP contribution in [0.15, 0.2) is 42.7 Å². The normalized spacial score (nSPS) is 10.8. The van der Waals surface area contributed by atoms with Gasteiger partial charge in [0, 0.05) is 12.4 Å². The Morgan fingerprint density at radius 3 is 2.79 bits per heavy atom. The topological polar surface area (TPSA) is 67.5 Å². The summed E-state index contributed by atoms with van der Waals surface area (Å²) in [4.78, 5) is 19.7. The third-order valence-corrected chi connectivity index (χ3v) is 2.88. The van der Waals surface area contributed by atoms with Gasteiger partial charge in [-0.1, -0.05) is 12.1 Å². The van der Waals surface area contributed by atoms with E-state index in [4.69, 9.17) is 0 Å². The molecule has 0 spiro atoms. The lowest BCUT2D eigenvalue weighted by atomic mass is 10.2. The monoisotopic (exact) mass is 253 g/mol. The Hall–Kier alpha value is -2.69. The average Bonchev–Trinajstić information content (AvgIpc) is 2.78. The zero-order valence-electron chi connectivity index (χ0n) is 10.2. The van der Waals surface area contributed by atoms with Crippen molar-refractivity contribution in [2.75, 3.05) is 0 Å². The lowest BCUT2D eigenvalue weighted by molar-refractivity contribution is 0.0693. The highest BCUT2D eigenvalue weighted by molar-refractivity contribution is 5.94. The molecule has 0 aromatic carbocycles. The van der Waals surface area contributed by atoms with Crippen molar-refractivity contribution in [1.82, 2.24) is 14.4 Å². The number of imidazole rings is 1. The largest absolute Gasteiger partial charge is 0.476 e. The summed E-state index contributed by atoms with van der Waals surface area (Å²) in [6.45, 7) is 1.95. The van der Waals surface area contributed by atoms with Gasteiger partial charge in [-0.05, 0) is 30.7 Å². The number of carboxylic acid groups (broad SMARTS) is 1. The molecule has 1 N–H and O–H groups in total. The molecule has 3 heterocycles. The fraction of sp³-hybridized carbons (Fsp3) is 0.0714. The molecule has 5 nitrogen and oxygen atoms in total. The molecule has 0 radical (unpaired) electrons. The first kappa shape index (κ1) is 11.4. The maximum absolute atomic E-state index is 11.2. The maximum Gasteiger partial charge on any atom is 0.356 e. The van der Waals surface area contributed by atoms with Crippen LogP contribution in [0.25, 0.3) is 17.0 Å². The first-order valence-electron chi connectivity index (χ1n) is 5.80. The number of hydrogen-bond donors (Lipinski definition) is 1. The number of fused-ring (bicyclic) bond motifs is 1. The van der Waals surface area contributed by atoms with Gasteiger partial charge in [0.1, 0.15) is 5.69 Å². The highest BCUT2D eigenvalue weighted by Crippen LogP contribution is 2.21. The van der Waals surface area contributed by atoms with Gasteiger partial charge < -0.3 is 5.11 Å². The predicted octanol–water partition coefficient (Wildman–Crippen LogP) is 2.40. The van der Waals surface area contributed by atoms with Crippen molar-refractivity contribution < 1.29 is 9.90 Å². The van der Waals surface area contributed by atoms with Gasteiger partial charge in [0.15, 0.2) is 11.5 Å². The summed E-state index contributed by atoms with van der Waals surface area (Å²) in [6.07, 6.45) is 3.52. The van der Waals surface area contributed by atoms with E-state index in [0.717, 1.165) is 5.56 Å². The number of aromatic nitrogens is 3. The van der Waals surface area contributed by atoms with Crippen molar-refractivity contribution in [1.29, 1.82) is 0 Å². The maximum atomic E-state index is 11.2. The van der Waals surface area contributed by atoms with Crippen LogP contribution in [0.4, 0.5) is 0 Å². The van der Waals surface area contributed by atoms with E-state index in [1.54, 1.807) is 16.7 Å². The number of pyridine rings is 2. The van der Waals surface area contributed by atoms with Crippen molar-refractivity contribution in [3.8, 4) is 11.5 Å². The van der Waals surface area contributed by atoms with Gasteiger partial charge in [-0.15, -0.1) is 0 Å². The summed E-state index contributed by atoms with van der Waals surface area (Å²) in [7, 11) is 0. The van der Waals surface area contributed by atoms with E-state index in [9.17, 15) is 9.90 Å². The minimum Gasteiger partial charge on any atom is -0.476 e. The summed E-state index contributed by atoms with van der Waals surface area (Å²) in [6, 6.07) is 9.09. The third-order valence-electron chi connectivity index (χ3n) is 2.88. The van der Waals surface area contributed by atoms with E-state index in [1.807, 2.05) is 37.4 Å². The van der Waals surface area contributed by atoms with E-state index in [2.05, 4.69) is 9.97 Å². The number of carboxylic acids is 1. The Kier molecular flexibility index (Phi) is 2.52. The second-order valence-corrected chi connectivity index (χ2v) is 4.27. The van der Waals surface area contributed by atoms with Crippen LogP contribution < -0.4 is 0 Å². The molecule has 5 heteroatoms. The second-order valence-electron chi connectivity index (χ2n) is 4.27. The number of hydrogen-bond acceptors (Lipinski definition) is 3. The van der Waals surface area contributed by atoms with Crippen molar-refractivity contribution >= 4 is 11.5 Å². The molecule has 0 saturated carbocycles. The van der Waals surface area contributed by atoms with Crippen LogP contribution in [-0.4, -0.2) is 25.4 Å². The molecule has 0 aliphatic rings. The first-order valence-corrected chi connectivity index (χ1v) is 5.80. The molecule has 0 aliphatic carbocycles. The molecule has 19 heavy (non-hydrogen) atoms. The molecule has 0 atom stereocenters. The lowest BCUT2D eigenvalue weighted by Gasteiger charge is -2.01. The molecule has 0 fully saturated rings. The Morgan fingerprint density at radius 2 is 2.11 bits per heavy atom. The van der Waals surface area contributed by atoms with Crippen molar-refractivity contribution in [3.63, 3.8) is 0 Å². The fourth-order valence-electron chi connectivity index (χ4n) is 2.03. The molecule has 0 saturated heterocycles. The molecule has 0 unspecified atom stereocenters. The molecule has 0 bridgehead atoms. The number of carbonyl (C=O) groups is 1. The Bertz CT molecular complexity index is 763. The minimum absolute atomic E-state index is 0.0423. The molecule has 0 amide bonds. The van der Waals surface area contributed by atoms with E-state index in [-0.39, 0.29) is 5.69 Å². The van der Waals surface area contributed by atoms with Crippen molar-refractivity contribution in [2.24, 2.45) is 0 Å². The van der Waals surface area contributed by atoms with Gasteiger partial charge in [0.05, 0.1) is 5.52 Å². The van der Waals surface area contributed by atoms with Gasteiger partial charge in [0.2, 0.25) is 0 Å². The predicted molar refractivity (Wildman–Crippen MR) is 70.1 cm³/mol. The number of aromatic carboxylic acids is 1. The van der Waals surface area contributed by atoms with E-state index in [0.29, 0.717) is 17.0 Å². The van der Waals surface area contributed by atoms with Crippen LogP contribution in [0.5, 0.6) is 0 Å². The number of rotatable bonds is 2. The highest BCUT2D eigenvalue weighted by atomic mass is 16.4. The summed E-state index contributed by atoms with van der Waals surface area (Å²) in [5.74, 6) is -0.500. The van der Waals surface area contributed by atoms with Crippen molar-refractivity contribution in [3.05, 3.63) is 54.0 Å². The van der Waals surface area contributed by atoms with Crippen LogP contribution in [0, 0.1) is 6.92 Å². The van der Waals surface area contributed by atoms with Crippen LogP contribution >= 0.6 is 0 Å². The van der Waals surface area contributed by atoms with Crippen LogP contribution in [-0.2, 0) is 0 Å². The van der Waals surface area contributed by atoms with Gasteiger partial charge in [-0.3, -0.25) is 9.38 Å². The molecule has 0 aliphatic heterocycles. The molecule has 3 aromatic heterocycles. The Balaban J connectivity index is 2.36. The Labute approximate surface area is 109 Å². The molecule has 3 aromatic rings. The second kappa shape index (κ2) is 4.20. The Morgan fingerprint density at radius 1 is 1.26 bits per heavy atom. The van der Waals surface area contributed by atoms with Gasteiger partial charge in [-0.25, -0.2) is 9.78 Å². The smallest absolute Gasteiger partial charge is 0.356 e. The third kappa shape index (κ3) is 1.85. The molecular formula is C14H11N3O2. The van der Waals surface area contributed by atoms with Gasteiger partial charge in [-0.2, -0.15) is 0 Å². The van der Waals surface area contributed by atoms with Gasteiger partial charge >= 0.3 is 5.97 Å². The molecule has 94 valence electrons. The quantitative estimate of drug-likeness (QED) is 0.761. The number of aryl methyl sites for hydroxylation is 1. The zero-order valence-corrected chi connectivity index (χ0v) is 10.2. The van der Waals surface area contributed by atoms with Crippen molar-refractivity contribution in [2.45, 2.75) is 6.92 Å². The first-order chi connectivity index (χ1) is 9.16. The molecule has 3 rings (SSSR count). The average molecular weight is 253 g/mol. The van der Waals surface area contributed by atoms with Crippen LogP contribution in [0.3, 0.4) is 0 Å². The van der Waals surface area contributed by atoms with E-state index < -0.39 is 5.97 Å². The SMILES string of the molecule is Cc1ccc2c(C(=O)O)nc(-c3ccccn3)n2c1. The standard InChI is InChI=1S/C14H11N3O2/c1-9-5-6-11-12(14(18)19)16-13(17(11)8-9)10-4-2-3-7-15-10/h2-8H,1H3,(H,18,19). The summed E-state index contributed by atoms with van der Waals surface area (Å²) in [5, 5.41) is 9.22. The summed E-state index contributed by atoms with van der Waals surface area (Å²) in [5.41, 5.74) is 2.29. The highest BCUT2D eigenvalue weighted by Gasteiger charge is 2.17. The molecular weight excluding hydrogens is 242 g/mol. The summed E-state index contributed by atoms with van der Waals surface area (Å²) < 4.78 is 1.76.